The van der Waals surface area contributed by atoms with Gasteiger partial charge in [-0.05, 0) is 63.7 Å². The molecule has 0 saturated carbocycles. The van der Waals surface area contributed by atoms with Crippen LogP contribution in [0.4, 0.5) is 0 Å². The molecule has 0 aromatic heterocycles. The second kappa shape index (κ2) is 7.67. The van der Waals surface area contributed by atoms with Crippen molar-refractivity contribution in [1.29, 1.82) is 0 Å². The molecule has 0 heteroatoms. The number of rotatable bonds is 7. The summed E-state index contributed by atoms with van der Waals surface area (Å²) in [5.41, 5.74) is 4.74. The van der Waals surface area contributed by atoms with Crippen molar-refractivity contribution in [2.24, 2.45) is 11.3 Å². The highest BCUT2D eigenvalue weighted by Gasteiger charge is 2.32. The van der Waals surface area contributed by atoms with E-state index in [1.54, 1.807) is 5.57 Å². The zero-order valence-electron chi connectivity index (χ0n) is 14.0. The van der Waals surface area contributed by atoms with Crippen LogP contribution in [0, 0.1) is 11.3 Å². The molecule has 0 aromatic rings. The highest BCUT2D eigenvalue weighted by molar-refractivity contribution is 5.14. The van der Waals surface area contributed by atoms with E-state index in [1.807, 2.05) is 6.08 Å². The molecule has 1 atom stereocenters. The van der Waals surface area contributed by atoms with Gasteiger partial charge in [0.1, 0.15) is 0 Å². The molecule has 1 unspecified atom stereocenters. The summed E-state index contributed by atoms with van der Waals surface area (Å²) in [5.74, 6) is 0.753. The fourth-order valence-electron chi connectivity index (χ4n) is 3.30. The lowest BCUT2D eigenvalue weighted by Crippen LogP contribution is -2.27. The highest BCUT2D eigenvalue weighted by Crippen LogP contribution is 2.43. The van der Waals surface area contributed by atoms with Crippen LogP contribution < -0.4 is 0 Å². The number of allylic oxidation sites excluding steroid dienone is 6. The van der Waals surface area contributed by atoms with Crippen molar-refractivity contribution >= 4 is 0 Å². The van der Waals surface area contributed by atoms with Crippen LogP contribution in [0.15, 0.2) is 48.1 Å². The van der Waals surface area contributed by atoms with Gasteiger partial charge >= 0.3 is 0 Å². The van der Waals surface area contributed by atoms with E-state index in [0.717, 1.165) is 24.3 Å². The van der Waals surface area contributed by atoms with Crippen LogP contribution in [0.3, 0.4) is 0 Å². The topological polar surface area (TPSA) is 0 Å². The Morgan fingerprint density at radius 1 is 1.40 bits per heavy atom. The van der Waals surface area contributed by atoms with Crippen LogP contribution in [-0.4, -0.2) is 0 Å². The lowest BCUT2D eigenvalue weighted by Gasteiger charge is -2.38. The minimum atomic E-state index is 0.468. The Balaban J connectivity index is 2.47. The first-order valence-corrected chi connectivity index (χ1v) is 7.99. The van der Waals surface area contributed by atoms with Crippen molar-refractivity contribution < 1.29 is 0 Å². The smallest absolute Gasteiger partial charge is 0.0151 e. The molecule has 0 heterocycles. The normalized spacial score (nSPS) is 22.3. The largest absolute Gasteiger partial charge is 0.0988 e. The minimum Gasteiger partial charge on any atom is -0.0988 e. The highest BCUT2D eigenvalue weighted by atomic mass is 14.4. The van der Waals surface area contributed by atoms with Gasteiger partial charge in [-0.2, -0.15) is 0 Å². The van der Waals surface area contributed by atoms with Crippen LogP contribution in [0.5, 0.6) is 0 Å². The van der Waals surface area contributed by atoms with Crippen LogP contribution in [0.2, 0.25) is 0 Å². The van der Waals surface area contributed by atoms with Crippen molar-refractivity contribution in [2.75, 3.05) is 0 Å². The van der Waals surface area contributed by atoms with Gasteiger partial charge in [-0.3, -0.25) is 0 Å². The Kier molecular flexibility index (Phi) is 6.52. The predicted octanol–water partition coefficient (Wildman–Crippen LogP) is 6.62. The maximum atomic E-state index is 3.96. The standard InChI is InChI=1S/C20H32/c1-7-16(2)10-8-11-17(3)13-14-19-18(4)12-9-15-20(19,5)6/h7,11-12,19H,1-2,8-10,13-15H2,3-6H3/b17-11+. The molecule has 0 fully saturated rings. The van der Waals surface area contributed by atoms with Crippen LogP contribution >= 0.6 is 0 Å². The number of hydrogen-bond donors (Lipinski definition) is 0. The van der Waals surface area contributed by atoms with E-state index in [9.17, 15) is 0 Å². The van der Waals surface area contributed by atoms with Crippen molar-refractivity contribution in [3.05, 3.63) is 48.1 Å². The lowest BCUT2D eigenvalue weighted by atomic mass is 9.67. The average Bonchev–Trinajstić information content (AvgIpc) is 2.37. The van der Waals surface area contributed by atoms with E-state index in [1.165, 1.54) is 31.3 Å². The van der Waals surface area contributed by atoms with Crippen molar-refractivity contribution in [3.8, 4) is 0 Å². The number of hydrogen-bond acceptors (Lipinski definition) is 0. The molecule has 0 nitrogen and oxygen atoms in total. The first kappa shape index (κ1) is 17.0. The second-order valence-corrected chi connectivity index (χ2v) is 7.02. The van der Waals surface area contributed by atoms with Crippen LogP contribution in [-0.2, 0) is 0 Å². The first-order chi connectivity index (χ1) is 9.36. The van der Waals surface area contributed by atoms with Crippen LogP contribution in [0.25, 0.3) is 0 Å². The summed E-state index contributed by atoms with van der Waals surface area (Å²) < 4.78 is 0. The Hall–Kier alpha value is -1.04. The molecule has 1 aliphatic rings. The van der Waals surface area contributed by atoms with Gasteiger partial charge in [0, 0.05) is 0 Å². The van der Waals surface area contributed by atoms with E-state index < -0.39 is 0 Å². The maximum Gasteiger partial charge on any atom is -0.0151 e. The quantitative estimate of drug-likeness (QED) is 0.361. The Morgan fingerprint density at radius 2 is 2.10 bits per heavy atom. The molecule has 0 N–H and O–H groups in total. The van der Waals surface area contributed by atoms with Gasteiger partial charge in [-0.25, -0.2) is 0 Å². The van der Waals surface area contributed by atoms with E-state index >= 15 is 0 Å². The fraction of sp³-hybridized carbons (Fsp3) is 0.600. The molecule has 1 rings (SSSR count). The van der Waals surface area contributed by atoms with Gasteiger partial charge in [0.25, 0.3) is 0 Å². The minimum absolute atomic E-state index is 0.468. The monoisotopic (exact) mass is 272 g/mol. The molecule has 20 heavy (non-hydrogen) atoms. The van der Waals surface area contributed by atoms with E-state index in [2.05, 4.69) is 53.0 Å². The van der Waals surface area contributed by atoms with Crippen molar-refractivity contribution in [2.45, 2.75) is 66.2 Å². The second-order valence-electron chi connectivity index (χ2n) is 7.02. The average molecular weight is 272 g/mol. The zero-order chi connectivity index (χ0) is 15.2. The summed E-state index contributed by atoms with van der Waals surface area (Å²) >= 11 is 0. The van der Waals surface area contributed by atoms with Gasteiger partial charge < -0.3 is 0 Å². The van der Waals surface area contributed by atoms with Crippen LogP contribution in [0.1, 0.15) is 66.2 Å². The Labute approximate surface area is 126 Å². The van der Waals surface area contributed by atoms with Gasteiger partial charge in [-0.1, -0.05) is 62.0 Å². The summed E-state index contributed by atoms with van der Waals surface area (Å²) in [6, 6.07) is 0. The molecule has 0 amide bonds. The predicted molar refractivity (Wildman–Crippen MR) is 91.8 cm³/mol. The third-order valence-electron chi connectivity index (χ3n) is 4.82. The molecule has 1 aliphatic carbocycles. The summed E-state index contributed by atoms with van der Waals surface area (Å²) in [4.78, 5) is 0. The summed E-state index contributed by atoms with van der Waals surface area (Å²) in [6.07, 6.45) is 13.9. The Bertz CT molecular complexity index is 404. The first-order valence-electron chi connectivity index (χ1n) is 7.99. The zero-order valence-corrected chi connectivity index (χ0v) is 14.0. The summed E-state index contributed by atoms with van der Waals surface area (Å²) in [5, 5.41) is 0. The molecular weight excluding hydrogens is 240 g/mol. The maximum absolute atomic E-state index is 3.96. The third kappa shape index (κ3) is 5.15. The molecule has 0 aromatic carbocycles. The molecule has 0 aliphatic heterocycles. The molecule has 0 saturated heterocycles. The molecule has 112 valence electrons. The summed E-state index contributed by atoms with van der Waals surface area (Å²) in [6.45, 7) is 17.2. The molecule has 0 spiro atoms. The SMILES string of the molecule is C=CC(=C)CC/C=C(\C)CCC1C(C)=CCCC1(C)C. The molecule has 0 bridgehead atoms. The van der Waals surface area contributed by atoms with E-state index in [4.69, 9.17) is 0 Å². The van der Waals surface area contributed by atoms with Gasteiger partial charge in [0.2, 0.25) is 0 Å². The molecular formula is C20H32. The van der Waals surface area contributed by atoms with Crippen molar-refractivity contribution in [1.82, 2.24) is 0 Å². The van der Waals surface area contributed by atoms with Gasteiger partial charge in [0.05, 0.1) is 0 Å². The Morgan fingerprint density at radius 3 is 2.70 bits per heavy atom. The van der Waals surface area contributed by atoms with E-state index in [-0.39, 0.29) is 0 Å². The summed E-state index contributed by atoms with van der Waals surface area (Å²) in [7, 11) is 0. The van der Waals surface area contributed by atoms with Crippen molar-refractivity contribution in [3.63, 3.8) is 0 Å². The lowest BCUT2D eigenvalue weighted by molar-refractivity contribution is 0.204. The fourth-order valence-corrected chi connectivity index (χ4v) is 3.30. The third-order valence-corrected chi connectivity index (χ3v) is 4.82. The van der Waals surface area contributed by atoms with E-state index in [0.29, 0.717) is 5.41 Å². The molecule has 0 radical (unpaired) electrons. The van der Waals surface area contributed by atoms with Gasteiger partial charge in [-0.15, -0.1) is 0 Å². The van der Waals surface area contributed by atoms with Gasteiger partial charge in [0.15, 0.2) is 0 Å².